The van der Waals surface area contributed by atoms with Crippen molar-refractivity contribution in [2.24, 2.45) is 17.6 Å². The summed E-state index contributed by atoms with van der Waals surface area (Å²) in [5.74, 6) is 0.976. The fourth-order valence-corrected chi connectivity index (χ4v) is 4.76. The van der Waals surface area contributed by atoms with Crippen LogP contribution in [0.15, 0.2) is 24.7 Å². The number of aromatic amines is 1. The van der Waals surface area contributed by atoms with Gasteiger partial charge in [-0.05, 0) is 37.7 Å². The molecule has 9 nitrogen and oxygen atoms in total. The maximum absolute atomic E-state index is 13.2. The highest BCUT2D eigenvalue weighted by Crippen LogP contribution is 2.35. The average molecular weight is 489 g/mol. The van der Waals surface area contributed by atoms with E-state index in [2.05, 4.69) is 25.3 Å². The van der Waals surface area contributed by atoms with Gasteiger partial charge in [-0.25, -0.2) is 15.0 Å². The van der Waals surface area contributed by atoms with Gasteiger partial charge in [-0.2, -0.15) is 13.2 Å². The number of anilines is 2. The van der Waals surface area contributed by atoms with Gasteiger partial charge < -0.3 is 26.7 Å². The largest absolute Gasteiger partial charge is 0.417 e. The van der Waals surface area contributed by atoms with Crippen molar-refractivity contribution in [3.8, 4) is 11.3 Å². The zero-order valence-electron chi connectivity index (χ0n) is 19.0. The first-order valence-electron chi connectivity index (χ1n) is 11.6. The molecular formula is C23H27F3N8O. The summed E-state index contributed by atoms with van der Waals surface area (Å²) >= 11 is 0. The van der Waals surface area contributed by atoms with Crippen molar-refractivity contribution in [3.63, 3.8) is 0 Å². The van der Waals surface area contributed by atoms with Gasteiger partial charge in [0.1, 0.15) is 11.3 Å². The van der Waals surface area contributed by atoms with Crippen LogP contribution in [0.1, 0.15) is 31.2 Å². The molecule has 1 saturated carbocycles. The number of aromatic nitrogens is 4. The van der Waals surface area contributed by atoms with Crippen molar-refractivity contribution in [1.82, 2.24) is 24.8 Å². The van der Waals surface area contributed by atoms with E-state index >= 15 is 0 Å². The molecule has 0 radical (unpaired) electrons. The second kappa shape index (κ2) is 8.99. The molecule has 0 aromatic carbocycles. The van der Waals surface area contributed by atoms with E-state index < -0.39 is 11.7 Å². The molecule has 0 atom stereocenters. The molecule has 0 spiro atoms. The number of likely N-dealkylation sites (tertiary alicyclic amines) is 1. The minimum atomic E-state index is -4.51. The number of fused-ring (bicyclic) bond motifs is 1. The van der Waals surface area contributed by atoms with E-state index in [1.165, 1.54) is 6.20 Å². The molecule has 4 heterocycles. The molecule has 35 heavy (non-hydrogen) atoms. The molecule has 1 saturated heterocycles. The third-order valence-electron chi connectivity index (χ3n) is 6.93. The summed E-state index contributed by atoms with van der Waals surface area (Å²) in [4.78, 5) is 29.9. The van der Waals surface area contributed by atoms with E-state index in [1.54, 1.807) is 6.20 Å². The standard InChI is InChI=1S/C23H27F3N8O/c24-23(25,26)14-7-16-17(10-30-20(16)29-9-14)19-18(28)11-32-22(33-19)31-8-12-1-3-34(4-2-12)21(35)13-5-15(27)6-13/h7,9-13,15H,1-6,8,27-28H2,(H,29,30)(H,31,32,33). The Morgan fingerprint density at radius 1 is 1.20 bits per heavy atom. The number of nitrogen functional groups attached to an aromatic ring is 1. The van der Waals surface area contributed by atoms with Crippen molar-refractivity contribution >= 4 is 28.6 Å². The summed E-state index contributed by atoms with van der Waals surface area (Å²) in [6, 6.07) is 1.19. The molecule has 12 heteroatoms. The zero-order valence-corrected chi connectivity index (χ0v) is 19.0. The molecule has 0 bridgehead atoms. The van der Waals surface area contributed by atoms with E-state index in [4.69, 9.17) is 11.5 Å². The van der Waals surface area contributed by atoms with Crippen molar-refractivity contribution in [3.05, 3.63) is 30.2 Å². The van der Waals surface area contributed by atoms with E-state index in [0.29, 0.717) is 48.4 Å². The van der Waals surface area contributed by atoms with Gasteiger partial charge >= 0.3 is 6.18 Å². The Balaban J connectivity index is 1.25. The molecule has 3 aromatic rings. The lowest BCUT2D eigenvalue weighted by Crippen LogP contribution is -2.49. The van der Waals surface area contributed by atoms with Crippen LogP contribution in [0.4, 0.5) is 24.8 Å². The second-order valence-electron chi connectivity index (χ2n) is 9.40. The van der Waals surface area contributed by atoms with Crippen molar-refractivity contribution in [1.29, 1.82) is 0 Å². The zero-order chi connectivity index (χ0) is 24.7. The van der Waals surface area contributed by atoms with Crippen molar-refractivity contribution in [2.45, 2.75) is 37.9 Å². The summed E-state index contributed by atoms with van der Waals surface area (Å²) in [6.07, 6.45) is 2.56. The number of piperidine rings is 1. The van der Waals surface area contributed by atoms with Crippen LogP contribution in [0.5, 0.6) is 0 Å². The summed E-state index contributed by atoms with van der Waals surface area (Å²) in [6.45, 7) is 2.05. The molecule has 2 fully saturated rings. The molecule has 186 valence electrons. The number of nitrogens with two attached hydrogens (primary N) is 2. The number of rotatable bonds is 5. The fraction of sp³-hybridized carbons (Fsp3) is 0.478. The summed E-state index contributed by atoms with van der Waals surface area (Å²) < 4.78 is 39.6. The monoisotopic (exact) mass is 488 g/mol. The normalized spacial score (nSPS) is 21.2. The highest BCUT2D eigenvalue weighted by atomic mass is 19.4. The van der Waals surface area contributed by atoms with Gasteiger partial charge in [-0.15, -0.1) is 0 Å². The molecule has 1 amide bonds. The number of nitrogens with one attached hydrogen (secondary N) is 2. The number of carbonyl (C=O) groups excluding carboxylic acids is 1. The maximum Gasteiger partial charge on any atom is 0.417 e. The first kappa shape index (κ1) is 23.3. The fourth-order valence-electron chi connectivity index (χ4n) is 4.76. The SMILES string of the molecule is Nc1cnc(NCC2CCN(C(=O)C3CC(N)C3)CC2)nc1-c1c[nH]c2ncc(C(F)(F)F)cc12. The highest BCUT2D eigenvalue weighted by molar-refractivity contribution is 5.95. The Morgan fingerprint density at radius 2 is 1.94 bits per heavy atom. The lowest BCUT2D eigenvalue weighted by atomic mass is 9.79. The molecule has 3 aromatic heterocycles. The molecule has 2 aliphatic rings. The van der Waals surface area contributed by atoms with Crippen LogP contribution in [0.25, 0.3) is 22.3 Å². The number of H-pyrrole nitrogens is 1. The summed E-state index contributed by atoms with van der Waals surface area (Å²) in [5.41, 5.74) is 12.3. The number of amides is 1. The Hall–Kier alpha value is -3.41. The third kappa shape index (κ3) is 4.75. The topological polar surface area (TPSA) is 139 Å². The van der Waals surface area contributed by atoms with Crippen LogP contribution in [0.3, 0.4) is 0 Å². The van der Waals surface area contributed by atoms with Crippen LogP contribution in [-0.2, 0) is 11.0 Å². The summed E-state index contributed by atoms with van der Waals surface area (Å²) in [7, 11) is 0. The van der Waals surface area contributed by atoms with E-state index in [0.717, 1.165) is 37.9 Å². The lowest BCUT2D eigenvalue weighted by molar-refractivity contribution is -0.140. The van der Waals surface area contributed by atoms with Crippen LogP contribution in [-0.4, -0.2) is 56.4 Å². The molecular weight excluding hydrogens is 461 g/mol. The van der Waals surface area contributed by atoms with Crippen LogP contribution in [0, 0.1) is 11.8 Å². The maximum atomic E-state index is 13.2. The predicted molar refractivity (Wildman–Crippen MR) is 125 cm³/mol. The van der Waals surface area contributed by atoms with Gasteiger partial charge in [0.05, 0.1) is 17.4 Å². The second-order valence-corrected chi connectivity index (χ2v) is 9.40. The van der Waals surface area contributed by atoms with Gasteiger partial charge in [0.25, 0.3) is 0 Å². The van der Waals surface area contributed by atoms with Crippen LogP contribution in [0.2, 0.25) is 0 Å². The van der Waals surface area contributed by atoms with Gasteiger partial charge in [0.15, 0.2) is 0 Å². The minimum absolute atomic E-state index is 0.0770. The lowest BCUT2D eigenvalue weighted by Gasteiger charge is -2.38. The number of pyridine rings is 1. The molecule has 6 N–H and O–H groups in total. The number of hydrogen-bond donors (Lipinski definition) is 4. The molecule has 0 unspecified atom stereocenters. The van der Waals surface area contributed by atoms with Crippen molar-refractivity contribution in [2.75, 3.05) is 30.7 Å². The van der Waals surface area contributed by atoms with E-state index in [9.17, 15) is 18.0 Å². The van der Waals surface area contributed by atoms with Gasteiger partial charge in [0.2, 0.25) is 11.9 Å². The van der Waals surface area contributed by atoms with Gasteiger partial charge in [-0.3, -0.25) is 4.79 Å². The Kier molecular flexibility index (Phi) is 5.99. The first-order valence-corrected chi connectivity index (χ1v) is 11.6. The molecule has 1 aliphatic heterocycles. The number of carbonyl (C=O) groups is 1. The Bertz CT molecular complexity index is 1230. The first-order chi connectivity index (χ1) is 16.7. The Morgan fingerprint density at radius 3 is 2.63 bits per heavy atom. The van der Waals surface area contributed by atoms with Crippen LogP contribution < -0.4 is 16.8 Å². The number of nitrogens with zero attached hydrogens (tertiary/aromatic N) is 4. The Labute approximate surface area is 199 Å². The van der Waals surface area contributed by atoms with Gasteiger partial charge in [-0.1, -0.05) is 0 Å². The van der Waals surface area contributed by atoms with E-state index in [-0.39, 0.29) is 28.9 Å². The van der Waals surface area contributed by atoms with Crippen LogP contribution >= 0.6 is 0 Å². The summed E-state index contributed by atoms with van der Waals surface area (Å²) in [5, 5.41) is 3.50. The predicted octanol–water partition coefficient (Wildman–Crippen LogP) is 3.01. The molecule has 1 aliphatic carbocycles. The smallest absolute Gasteiger partial charge is 0.396 e. The molecule has 5 rings (SSSR count). The van der Waals surface area contributed by atoms with E-state index in [1.807, 2.05) is 4.90 Å². The quantitative estimate of drug-likeness (QED) is 0.433. The highest BCUT2D eigenvalue weighted by Gasteiger charge is 2.36. The number of halogens is 3. The third-order valence-corrected chi connectivity index (χ3v) is 6.93. The number of alkyl halides is 3. The average Bonchev–Trinajstić information content (AvgIpc) is 3.24. The number of hydrogen-bond acceptors (Lipinski definition) is 7. The van der Waals surface area contributed by atoms with Crippen molar-refractivity contribution < 1.29 is 18.0 Å². The van der Waals surface area contributed by atoms with Gasteiger partial charge in [0, 0.05) is 54.9 Å². The minimum Gasteiger partial charge on any atom is -0.396 e.